The minimum atomic E-state index is -3.28. The molecule has 2 aromatic heterocycles. The molecule has 1 atom stereocenters. The van der Waals surface area contributed by atoms with Crippen LogP contribution in [0, 0.1) is 6.92 Å². The molecule has 0 bridgehead atoms. The maximum Gasteiger partial charge on any atom is 0.175 e. The van der Waals surface area contributed by atoms with Crippen LogP contribution in [0.5, 0.6) is 0 Å². The van der Waals surface area contributed by atoms with Gasteiger partial charge in [-0.05, 0) is 43.3 Å². The number of benzene rings is 2. The maximum absolute atomic E-state index is 11.9. The molecule has 2 N–H and O–H groups in total. The molecule has 3 heterocycles. The summed E-state index contributed by atoms with van der Waals surface area (Å²) in [6.45, 7) is 4.68. The smallest absolute Gasteiger partial charge is 0.175 e. The van der Waals surface area contributed by atoms with Crippen LogP contribution in [0.25, 0.3) is 16.9 Å². The van der Waals surface area contributed by atoms with E-state index in [1.807, 2.05) is 31.2 Å². The van der Waals surface area contributed by atoms with Gasteiger partial charge in [-0.25, -0.2) is 13.4 Å². The van der Waals surface area contributed by atoms with E-state index in [9.17, 15) is 8.42 Å². The van der Waals surface area contributed by atoms with Crippen molar-refractivity contribution < 1.29 is 8.42 Å². The zero-order valence-corrected chi connectivity index (χ0v) is 19.3. The molecule has 4 aromatic rings. The number of nitrogen functional groups attached to an aromatic ring is 1. The molecule has 33 heavy (non-hydrogen) atoms. The van der Waals surface area contributed by atoms with Gasteiger partial charge in [0, 0.05) is 30.0 Å². The Bertz CT molecular complexity index is 1450. The molecule has 9 nitrogen and oxygen atoms in total. The van der Waals surface area contributed by atoms with Crippen LogP contribution in [0.4, 0.5) is 17.2 Å². The molecule has 1 aliphatic rings. The Labute approximate surface area is 191 Å². The first kappa shape index (κ1) is 21.1. The Kier molecular flexibility index (Phi) is 4.89. The highest BCUT2D eigenvalue weighted by atomic mass is 32.2. The largest absolute Gasteiger partial charge is 0.382 e. The summed E-state index contributed by atoms with van der Waals surface area (Å²) in [5.74, 6) is 2.11. The van der Waals surface area contributed by atoms with Crippen LogP contribution in [0.1, 0.15) is 24.5 Å². The lowest BCUT2D eigenvalue weighted by Crippen LogP contribution is -2.22. The average molecular weight is 462 g/mol. The number of anilines is 3. The first-order valence-electron chi connectivity index (χ1n) is 10.4. The Morgan fingerprint density at radius 1 is 1.00 bits per heavy atom. The number of aryl methyl sites for hydroxylation is 1. The number of nitrogens with two attached hydrogens (primary N) is 1. The van der Waals surface area contributed by atoms with Crippen molar-refractivity contribution in [2.75, 3.05) is 23.4 Å². The molecule has 1 aliphatic heterocycles. The van der Waals surface area contributed by atoms with Gasteiger partial charge in [0.1, 0.15) is 17.5 Å². The van der Waals surface area contributed by atoms with Gasteiger partial charge in [0.05, 0.1) is 34.4 Å². The Morgan fingerprint density at radius 2 is 1.76 bits per heavy atom. The van der Waals surface area contributed by atoms with Crippen LogP contribution in [0.3, 0.4) is 0 Å². The van der Waals surface area contributed by atoms with Gasteiger partial charge in [-0.2, -0.15) is 0 Å². The summed E-state index contributed by atoms with van der Waals surface area (Å²) < 4.78 is 26.0. The highest BCUT2D eigenvalue weighted by Crippen LogP contribution is 2.40. The second kappa shape index (κ2) is 7.66. The fourth-order valence-corrected chi connectivity index (χ4v) is 4.77. The highest BCUT2D eigenvalue weighted by Gasteiger charge is 2.28. The first-order chi connectivity index (χ1) is 15.7. The fourth-order valence-electron chi connectivity index (χ4n) is 4.14. The van der Waals surface area contributed by atoms with Gasteiger partial charge in [-0.1, -0.05) is 13.0 Å². The molecule has 5 rings (SSSR count). The zero-order valence-electron chi connectivity index (χ0n) is 18.5. The number of nitrogens with zero attached hydrogens (tertiary/aromatic N) is 6. The highest BCUT2D eigenvalue weighted by molar-refractivity contribution is 7.90. The van der Waals surface area contributed by atoms with Crippen molar-refractivity contribution in [2.24, 2.45) is 0 Å². The lowest BCUT2D eigenvalue weighted by molar-refractivity contribution is 0.602. The molecular weight excluding hydrogens is 438 g/mol. The number of hydrogen-bond donors (Lipinski definition) is 1. The monoisotopic (exact) mass is 461 g/mol. The topological polar surface area (TPSA) is 120 Å². The summed E-state index contributed by atoms with van der Waals surface area (Å²) in [5.41, 5.74) is 10.1. The summed E-state index contributed by atoms with van der Waals surface area (Å²) in [4.78, 5) is 11.0. The second-order valence-electron chi connectivity index (χ2n) is 8.25. The van der Waals surface area contributed by atoms with Crippen LogP contribution in [0.15, 0.2) is 59.8 Å². The quantitative estimate of drug-likeness (QED) is 0.494. The Hall–Kier alpha value is -3.79. The SMILES string of the molecule is Cc1nnc2n1-c1ccc(-c3cnc(N)cn3)cc1N(c1ccc(S(C)(=O)=O)cc1)CC2C. The van der Waals surface area contributed by atoms with E-state index in [0.717, 1.165) is 34.3 Å². The third-order valence-electron chi connectivity index (χ3n) is 5.80. The van der Waals surface area contributed by atoms with Crippen molar-refractivity contribution in [1.29, 1.82) is 0 Å². The van der Waals surface area contributed by atoms with Gasteiger partial charge in [0.15, 0.2) is 9.84 Å². The first-order valence-corrected chi connectivity index (χ1v) is 12.3. The van der Waals surface area contributed by atoms with Gasteiger partial charge >= 0.3 is 0 Å². The third-order valence-corrected chi connectivity index (χ3v) is 6.93. The van der Waals surface area contributed by atoms with E-state index in [4.69, 9.17) is 5.73 Å². The molecule has 0 saturated carbocycles. The van der Waals surface area contributed by atoms with Crippen LogP contribution in [0.2, 0.25) is 0 Å². The molecule has 0 radical (unpaired) electrons. The summed E-state index contributed by atoms with van der Waals surface area (Å²) in [5, 5.41) is 8.74. The van der Waals surface area contributed by atoms with E-state index in [-0.39, 0.29) is 10.8 Å². The van der Waals surface area contributed by atoms with Gasteiger partial charge in [-0.3, -0.25) is 9.55 Å². The number of aromatic nitrogens is 5. The third kappa shape index (κ3) is 3.72. The zero-order chi connectivity index (χ0) is 23.3. The van der Waals surface area contributed by atoms with Crippen LogP contribution >= 0.6 is 0 Å². The van der Waals surface area contributed by atoms with Crippen LogP contribution in [-0.2, 0) is 9.84 Å². The van der Waals surface area contributed by atoms with Gasteiger partial charge < -0.3 is 10.6 Å². The number of fused-ring (bicyclic) bond motifs is 3. The number of rotatable bonds is 3. The molecule has 1 unspecified atom stereocenters. The molecule has 0 spiro atoms. The van der Waals surface area contributed by atoms with E-state index in [1.165, 1.54) is 12.5 Å². The van der Waals surface area contributed by atoms with Gasteiger partial charge in [0.25, 0.3) is 0 Å². The van der Waals surface area contributed by atoms with Crippen molar-refractivity contribution in [2.45, 2.75) is 24.7 Å². The molecule has 0 fully saturated rings. The standard InChI is InChI=1S/C23H23N7O2S/c1-14-13-29(17-5-7-18(8-6-17)33(3,31)32)21-10-16(19-11-26-22(24)12-25-19)4-9-20(21)30-15(2)27-28-23(14)30/h4-12,14H,13H2,1-3H3,(H2,24,26). The molecule has 10 heteroatoms. The van der Waals surface area contributed by atoms with E-state index < -0.39 is 9.84 Å². The summed E-state index contributed by atoms with van der Waals surface area (Å²) in [6.07, 6.45) is 4.39. The van der Waals surface area contributed by atoms with Crippen molar-refractivity contribution in [3.05, 3.63) is 66.5 Å². The lowest BCUT2D eigenvalue weighted by atomic mass is 10.1. The second-order valence-corrected chi connectivity index (χ2v) is 10.3. The predicted octanol–water partition coefficient (Wildman–Crippen LogP) is 3.27. The van der Waals surface area contributed by atoms with Crippen molar-refractivity contribution in [3.8, 4) is 16.9 Å². The van der Waals surface area contributed by atoms with E-state index in [0.29, 0.717) is 18.1 Å². The molecule has 168 valence electrons. The summed E-state index contributed by atoms with van der Waals surface area (Å²) in [6, 6.07) is 13.0. The minimum absolute atomic E-state index is 0.0768. The molecule has 2 aromatic carbocycles. The van der Waals surface area contributed by atoms with Crippen molar-refractivity contribution >= 4 is 27.0 Å². The summed E-state index contributed by atoms with van der Waals surface area (Å²) in [7, 11) is -3.28. The van der Waals surface area contributed by atoms with E-state index in [1.54, 1.807) is 18.3 Å². The van der Waals surface area contributed by atoms with Crippen molar-refractivity contribution in [3.63, 3.8) is 0 Å². The Balaban J connectivity index is 1.70. The maximum atomic E-state index is 11.9. The molecule has 0 aliphatic carbocycles. The van der Waals surface area contributed by atoms with E-state index in [2.05, 4.69) is 42.6 Å². The predicted molar refractivity (Wildman–Crippen MR) is 127 cm³/mol. The lowest BCUT2D eigenvalue weighted by Gasteiger charge is -2.27. The van der Waals surface area contributed by atoms with Crippen LogP contribution < -0.4 is 10.6 Å². The average Bonchev–Trinajstić information content (AvgIpc) is 3.12. The van der Waals surface area contributed by atoms with E-state index >= 15 is 0 Å². The molecule has 0 saturated heterocycles. The normalized spacial score (nSPS) is 15.6. The minimum Gasteiger partial charge on any atom is -0.382 e. The molecular formula is C23H23N7O2S. The molecule has 0 amide bonds. The van der Waals surface area contributed by atoms with Crippen molar-refractivity contribution in [1.82, 2.24) is 24.7 Å². The van der Waals surface area contributed by atoms with Crippen LogP contribution in [-0.4, -0.2) is 46.0 Å². The fraction of sp³-hybridized carbons (Fsp3) is 0.217. The van der Waals surface area contributed by atoms with Gasteiger partial charge in [-0.15, -0.1) is 10.2 Å². The Morgan fingerprint density at radius 3 is 2.42 bits per heavy atom. The summed E-state index contributed by atoms with van der Waals surface area (Å²) >= 11 is 0. The number of hydrogen-bond acceptors (Lipinski definition) is 8. The number of sulfone groups is 1. The van der Waals surface area contributed by atoms with Gasteiger partial charge in [0.2, 0.25) is 0 Å².